The number of benzene rings is 2. The Morgan fingerprint density at radius 1 is 1.18 bits per heavy atom. The van der Waals surface area contributed by atoms with Crippen LogP contribution in [0.15, 0.2) is 52.7 Å². The Balaban J connectivity index is 1.61. The Morgan fingerprint density at radius 3 is 2.64 bits per heavy atom. The number of carbonyl (C=O) groups excluding carboxylic acids is 1. The molecule has 0 unspecified atom stereocenters. The number of fused-ring (bicyclic) bond motifs is 1. The topological polar surface area (TPSA) is 95.2 Å². The standard InChI is InChI=1S/C23H23FN4O3S2/c1-4-28(5-2)33(30,31)20-12-15(10-11-17(20)24)22(29)27-23-26-19(13-32-23)21-14(3)25-18-9-7-6-8-16(18)21/h6-13,25H,4-5H2,1-3H3,(H,26,27,29). The number of halogens is 1. The van der Waals surface area contributed by atoms with Crippen molar-refractivity contribution in [2.45, 2.75) is 25.7 Å². The molecule has 2 aromatic heterocycles. The summed E-state index contributed by atoms with van der Waals surface area (Å²) in [5, 5.41) is 5.93. The van der Waals surface area contributed by atoms with Gasteiger partial charge in [0.25, 0.3) is 5.91 Å². The molecule has 0 aliphatic rings. The molecule has 33 heavy (non-hydrogen) atoms. The predicted molar refractivity (Wildman–Crippen MR) is 129 cm³/mol. The molecule has 2 heterocycles. The number of hydrogen-bond donors (Lipinski definition) is 2. The molecule has 0 aliphatic heterocycles. The summed E-state index contributed by atoms with van der Waals surface area (Å²) in [6, 6.07) is 11.2. The van der Waals surface area contributed by atoms with Crippen molar-refractivity contribution in [3.05, 3.63) is 64.9 Å². The average Bonchev–Trinajstić information content (AvgIpc) is 3.37. The van der Waals surface area contributed by atoms with Gasteiger partial charge in [0.2, 0.25) is 10.0 Å². The van der Waals surface area contributed by atoms with Gasteiger partial charge in [-0.15, -0.1) is 11.3 Å². The number of carbonyl (C=O) groups is 1. The minimum atomic E-state index is -4.05. The van der Waals surface area contributed by atoms with E-state index in [4.69, 9.17) is 0 Å². The molecular formula is C23H23FN4O3S2. The molecule has 0 fully saturated rings. The largest absolute Gasteiger partial charge is 0.358 e. The van der Waals surface area contributed by atoms with Gasteiger partial charge in [-0.2, -0.15) is 4.31 Å². The highest BCUT2D eigenvalue weighted by atomic mass is 32.2. The monoisotopic (exact) mass is 486 g/mol. The zero-order valence-electron chi connectivity index (χ0n) is 18.3. The normalized spacial score (nSPS) is 11.9. The molecule has 0 saturated carbocycles. The Hall–Kier alpha value is -3.08. The first-order valence-corrected chi connectivity index (χ1v) is 12.7. The van der Waals surface area contributed by atoms with E-state index in [1.165, 1.54) is 17.4 Å². The lowest BCUT2D eigenvalue weighted by Crippen LogP contribution is -2.31. The highest BCUT2D eigenvalue weighted by molar-refractivity contribution is 7.89. The van der Waals surface area contributed by atoms with Gasteiger partial charge in [0.05, 0.1) is 5.69 Å². The van der Waals surface area contributed by atoms with Gasteiger partial charge in [0, 0.05) is 46.2 Å². The Morgan fingerprint density at radius 2 is 1.91 bits per heavy atom. The van der Waals surface area contributed by atoms with Gasteiger partial charge in [-0.1, -0.05) is 32.0 Å². The van der Waals surface area contributed by atoms with Crippen LogP contribution >= 0.6 is 11.3 Å². The van der Waals surface area contributed by atoms with Crippen molar-refractivity contribution in [2.24, 2.45) is 0 Å². The molecule has 1 amide bonds. The number of rotatable bonds is 7. The summed E-state index contributed by atoms with van der Waals surface area (Å²) in [5.41, 5.74) is 3.66. The van der Waals surface area contributed by atoms with Crippen LogP contribution in [0.1, 0.15) is 29.9 Å². The van der Waals surface area contributed by atoms with Crippen LogP contribution in [0.3, 0.4) is 0 Å². The third-order valence-corrected chi connectivity index (χ3v) is 8.21. The molecule has 2 aromatic carbocycles. The maximum absolute atomic E-state index is 14.4. The zero-order valence-corrected chi connectivity index (χ0v) is 20.0. The maximum Gasteiger partial charge on any atom is 0.257 e. The van der Waals surface area contributed by atoms with Crippen molar-refractivity contribution in [3.8, 4) is 11.3 Å². The van der Waals surface area contributed by atoms with E-state index < -0.39 is 26.6 Å². The summed E-state index contributed by atoms with van der Waals surface area (Å²) in [4.78, 5) is 20.2. The summed E-state index contributed by atoms with van der Waals surface area (Å²) in [5.74, 6) is -1.47. The summed E-state index contributed by atoms with van der Waals surface area (Å²) in [7, 11) is -4.05. The second kappa shape index (κ2) is 9.05. The van der Waals surface area contributed by atoms with Gasteiger partial charge in [-0.3, -0.25) is 10.1 Å². The first-order valence-electron chi connectivity index (χ1n) is 10.4. The third-order valence-electron chi connectivity index (χ3n) is 5.39. The predicted octanol–water partition coefficient (Wildman–Crippen LogP) is 5.02. The van der Waals surface area contributed by atoms with Crippen molar-refractivity contribution in [1.82, 2.24) is 14.3 Å². The van der Waals surface area contributed by atoms with E-state index in [9.17, 15) is 17.6 Å². The fraction of sp³-hybridized carbons (Fsp3) is 0.217. The summed E-state index contributed by atoms with van der Waals surface area (Å²) >= 11 is 1.26. The van der Waals surface area contributed by atoms with Crippen LogP contribution < -0.4 is 5.32 Å². The number of hydrogen-bond acceptors (Lipinski definition) is 5. The number of nitrogens with zero attached hydrogens (tertiary/aromatic N) is 2. The number of thiazole rings is 1. The van der Waals surface area contributed by atoms with Crippen LogP contribution in [-0.4, -0.2) is 41.7 Å². The number of aryl methyl sites for hydroxylation is 1. The SMILES string of the molecule is CCN(CC)S(=O)(=O)c1cc(C(=O)Nc2nc(-c3c(C)[nH]c4ccccc34)cs2)ccc1F. The van der Waals surface area contributed by atoms with Crippen LogP contribution in [-0.2, 0) is 10.0 Å². The summed E-state index contributed by atoms with van der Waals surface area (Å²) in [6.07, 6.45) is 0. The number of aromatic amines is 1. The molecule has 0 saturated heterocycles. The van der Waals surface area contributed by atoms with Crippen molar-refractivity contribution < 1.29 is 17.6 Å². The molecule has 0 aliphatic carbocycles. The fourth-order valence-corrected chi connectivity index (χ4v) is 6.01. The lowest BCUT2D eigenvalue weighted by atomic mass is 10.1. The number of para-hydroxylation sites is 1. The van der Waals surface area contributed by atoms with E-state index in [0.29, 0.717) is 10.8 Å². The highest BCUT2D eigenvalue weighted by Crippen LogP contribution is 2.34. The molecule has 172 valence electrons. The number of aromatic nitrogens is 2. The molecule has 0 bridgehead atoms. The molecule has 0 spiro atoms. The molecule has 0 radical (unpaired) electrons. The van der Waals surface area contributed by atoms with E-state index in [-0.39, 0.29) is 18.7 Å². The molecule has 7 nitrogen and oxygen atoms in total. The van der Waals surface area contributed by atoms with Gasteiger partial charge >= 0.3 is 0 Å². The zero-order chi connectivity index (χ0) is 23.8. The van der Waals surface area contributed by atoms with Crippen molar-refractivity contribution in [3.63, 3.8) is 0 Å². The van der Waals surface area contributed by atoms with Crippen LogP contribution in [0.25, 0.3) is 22.2 Å². The van der Waals surface area contributed by atoms with Crippen LogP contribution in [0.2, 0.25) is 0 Å². The first kappa shape index (κ1) is 23.1. The highest BCUT2D eigenvalue weighted by Gasteiger charge is 2.26. The second-order valence-corrected chi connectivity index (χ2v) is 10.2. The average molecular weight is 487 g/mol. The van der Waals surface area contributed by atoms with Gasteiger partial charge < -0.3 is 4.98 Å². The van der Waals surface area contributed by atoms with Gasteiger partial charge in [0.1, 0.15) is 10.7 Å². The van der Waals surface area contributed by atoms with E-state index in [1.807, 2.05) is 36.6 Å². The third kappa shape index (κ3) is 4.29. The number of anilines is 1. The minimum absolute atomic E-state index is 0.0298. The first-order chi connectivity index (χ1) is 15.8. The fourth-order valence-electron chi connectivity index (χ4n) is 3.77. The smallest absolute Gasteiger partial charge is 0.257 e. The van der Waals surface area contributed by atoms with E-state index in [0.717, 1.165) is 38.6 Å². The Bertz CT molecular complexity index is 1440. The number of H-pyrrole nitrogens is 1. The number of sulfonamides is 1. The van der Waals surface area contributed by atoms with Crippen LogP contribution in [0, 0.1) is 12.7 Å². The molecule has 4 aromatic rings. The Labute approximate surface area is 195 Å². The molecule has 0 atom stereocenters. The molecular weight excluding hydrogens is 463 g/mol. The molecule has 4 rings (SSSR count). The molecule has 2 N–H and O–H groups in total. The van der Waals surface area contributed by atoms with Crippen LogP contribution in [0.5, 0.6) is 0 Å². The maximum atomic E-state index is 14.4. The van der Waals surface area contributed by atoms with Crippen LogP contribution in [0.4, 0.5) is 9.52 Å². The second-order valence-electron chi connectivity index (χ2n) is 7.40. The minimum Gasteiger partial charge on any atom is -0.358 e. The van der Waals surface area contributed by atoms with Gasteiger partial charge in [-0.05, 0) is 31.2 Å². The van der Waals surface area contributed by atoms with Gasteiger partial charge in [0.15, 0.2) is 5.13 Å². The van der Waals surface area contributed by atoms with Crippen molar-refractivity contribution >= 4 is 43.3 Å². The van der Waals surface area contributed by atoms with E-state index in [1.54, 1.807) is 13.8 Å². The number of amides is 1. The van der Waals surface area contributed by atoms with E-state index >= 15 is 0 Å². The Kier molecular flexibility index (Phi) is 6.33. The molecule has 10 heteroatoms. The van der Waals surface area contributed by atoms with Crippen molar-refractivity contribution in [2.75, 3.05) is 18.4 Å². The van der Waals surface area contributed by atoms with E-state index in [2.05, 4.69) is 15.3 Å². The number of nitrogens with one attached hydrogen (secondary N) is 2. The van der Waals surface area contributed by atoms with Gasteiger partial charge in [-0.25, -0.2) is 17.8 Å². The quantitative estimate of drug-likeness (QED) is 0.383. The van der Waals surface area contributed by atoms with Crippen molar-refractivity contribution in [1.29, 1.82) is 0 Å². The lowest BCUT2D eigenvalue weighted by molar-refractivity contribution is 0.102. The lowest BCUT2D eigenvalue weighted by Gasteiger charge is -2.19. The summed E-state index contributed by atoms with van der Waals surface area (Å²) < 4.78 is 41.0. The summed E-state index contributed by atoms with van der Waals surface area (Å²) in [6.45, 7) is 5.70.